The molecule has 2 nitrogen and oxygen atoms in total. The average Bonchev–Trinajstić information content (AvgIpc) is 1.83. The fraction of sp³-hybridized carbons (Fsp3) is 0.667. The minimum Gasteiger partial charge on any atom is -0.466 e. The number of carbonyl (C=O) groups excluding carboxylic acids is 1. The molecule has 0 heterocycles. The summed E-state index contributed by atoms with van der Waals surface area (Å²) in [6, 6.07) is 0. The van der Waals surface area contributed by atoms with Crippen molar-refractivity contribution in [2.75, 3.05) is 7.11 Å². The van der Waals surface area contributed by atoms with Crippen molar-refractivity contribution in [2.24, 2.45) is 5.41 Å². The van der Waals surface area contributed by atoms with Crippen molar-refractivity contribution in [3.8, 4) is 0 Å². The maximum Gasteiger partial charge on any atom is 0.330 e. The van der Waals surface area contributed by atoms with Crippen molar-refractivity contribution in [3.05, 3.63) is 11.6 Å². The maximum atomic E-state index is 10.7. The first-order valence-corrected chi connectivity index (χ1v) is 3.81. The highest BCUT2D eigenvalue weighted by atomic mass is 16.5. The van der Waals surface area contributed by atoms with E-state index < -0.39 is 0 Å². The summed E-state index contributed by atoms with van der Waals surface area (Å²) < 4.78 is 4.51. The van der Waals surface area contributed by atoms with Crippen molar-refractivity contribution in [2.45, 2.75) is 26.7 Å². The standard InChI is InChI=1S/C9H14O2/c1-9(2)5-7(6-9)4-8(10)11-3/h4H,5-6H2,1-3H3. The Kier molecular flexibility index (Phi) is 2.03. The topological polar surface area (TPSA) is 26.3 Å². The van der Waals surface area contributed by atoms with Crippen LogP contribution >= 0.6 is 0 Å². The third-order valence-electron chi connectivity index (χ3n) is 1.93. The van der Waals surface area contributed by atoms with Gasteiger partial charge in [0.05, 0.1) is 7.11 Å². The van der Waals surface area contributed by atoms with Gasteiger partial charge in [-0.3, -0.25) is 0 Å². The SMILES string of the molecule is COC(=O)C=C1CC(C)(C)C1. The third-order valence-corrected chi connectivity index (χ3v) is 1.93. The first-order chi connectivity index (χ1) is 5.03. The van der Waals surface area contributed by atoms with Crippen LogP contribution in [-0.2, 0) is 9.53 Å². The van der Waals surface area contributed by atoms with Crippen LogP contribution in [0.1, 0.15) is 26.7 Å². The lowest BCUT2D eigenvalue weighted by molar-refractivity contribution is -0.135. The van der Waals surface area contributed by atoms with Crippen LogP contribution in [0.4, 0.5) is 0 Å². The van der Waals surface area contributed by atoms with Crippen LogP contribution in [0.25, 0.3) is 0 Å². The molecule has 2 heteroatoms. The Morgan fingerprint density at radius 1 is 1.55 bits per heavy atom. The molecule has 0 atom stereocenters. The molecule has 0 saturated heterocycles. The Morgan fingerprint density at radius 3 is 2.45 bits per heavy atom. The van der Waals surface area contributed by atoms with Crippen LogP contribution < -0.4 is 0 Å². The van der Waals surface area contributed by atoms with E-state index in [4.69, 9.17) is 0 Å². The minimum absolute atomic E-state index is 0.226. The summed E-state index contributed by atoms with van der Waals surface area (Å²) in [5.41, 5.74) is 1.61. The van der Waals surface area contributed by atoms with E-state index >= 15 is 0 Å². The molecule has 1 fully saturated rings. The molecule has 62 valence electrons. The van der Waals surface area contributed by atoms with Crippen LogP contribution in [0, 0.1) is 5.41 Å². The van der Waals surface area contributed by atoms with Gasteiger partial charge in [-0.25, -0.2) is 4.79 Å². The molecule has 0 spiro atoms. The fourth-order valence-corrected chi connectivity index (χ4v) is 1.51. The Labute approximate surface area is 67.2 Å². The average molecular weight is 154 g/mol. The van der Waals surface area contributed by atoms with Crippen LogP contribution in [0.15, 0.2) is 11.6 Å². The summed E-state index contributed by atoms with van der Waals surface area (Å²) in [7, 11) is 1.41. The second kappa shape index (κ2) is 2.68. The van der Waals surface area contributed by atoms with E-state index in [0.717, 1.165) is 12.8 Å². The summed E-state index contributed by atoms with van der Waals surface area (Å²) >= 11 is 0. The van der Waals surface area contributed by atoms with Crippen molar-refractivity contribution < 1.29 is 9.53 Å². The van der Waals surface area contributed by atoms with E-state index in [1.807, 2.05) is 0 Å². The number of hydrogen-bond donors (Lipinski definition) is 0. The predicted octanol–water partition coefficient (Wildman–Crippen LogP) is 1.91. The molecule has 1 saturated carbocycles. The zero-order valence-electron chi connectivity index (χ0n) is 7.31. The van der Waals surface area contributed by atoms with Gasteiger partial charge in [-0.2, -0.15) is 0 Å². The van der Waals surface area contributed by atoms with Crippen molar-refractivity contribution in [1.29, 1.82) is 0 Å². The first-order valence-electron chi connectivity index (χ1n) is 3.81. The molecule has 0 aliphatic heterocycles. The Bertz CT molecular complexity index is 192. The number of allylic oxidation sites excluding steroid dienone is 1. The molecule has 0 amide bonds. The number of rotatable bonds is 1. The van der Waals surface area contributed by atoms with Crippen LogP contribution in [0.2, 0.25) is 0 Å². The summed E-state index contributed by atoms with van der Waals surface area (Å²) in [6.07, 6.45) is 3.66. The van der Waals surface area contributed by atoms with E-state index in [0.29, 0.717) is 5.41 Å². The quantitative estimate of drug-likeness (QED) is 0.426. The number of carbonyl (C=O) groups is 1. The summed E-state index contributed by atoms with van der Waals surface area (Å²) in [5.74, 6) is -0.226. The van der Waals surface area contributed by atoms with Gasteiger partial charge in [-0.1, -0.05) is 19.4 Å². The molecule has 1 rings (SSSR count). The van der Waals surface area contributed by atoms with Gasteiger partial charge >= 0.3 is 5.97 Å². The van der Waals surface area contributed by atoms with Crippen LogP contribution in [-0.4, -0.2) is 13.1 Å². The van der Waals surface area contributed by atoms with E-state index in [1.54, 1.807) is 6.08 Å². The molecule has 0 N–H and O–H groups in total. The molecular formula is C9H14O2. The largest absolute Gasteiger partial charge is 0.466 e. The molecule has 1 aliphatic rings. The summed E-state index contributed by atoms with van der Waals surface area (Å²) in [6.45, 7) is 4.39. The highest BCUT2D eigenvalue weighted by Gasteiger charge is 2.31. The van der Waals surface area contributed by atoms with Gasteiger partial charge < -0.3 is 4.74 Å². The molecular weight excluding hydrogens is 140 g/mol. The van der Waals surface area contributed by atoms with E-state index in [1.165, 1.54) is 12.7 Å². The number of esters is 1. The highest BCUT2D eigenvalue weighted by Crippen LogP contribution is 2.43. The van der Waals surface area contributed by atoms with Gasteiger partial charge in [-0.15, -0.1) is 0 Å². The van der Waals surface area contributed by atoms with Gasteiger partial charge in [0.25, 0.3) is 0 Å². The van der Waals surface area contributed by atoms with Gasteiger partial charge in [0, 0.05) is 6.08 Å². The van der Waals surface area contributed by atoms with E-state index in [9.17, 15) is 4.79 Å². The molecule has 0 radical (unpaired) electrons. The molecule has 0 aromatic heterocycles. The molecule has 0 unspecified atom stereocenters. The third kappa shape index (κ3) is 2.07. The second-order valence-corrected chi connectivity index (χ2v) is 3.84. The summed E-state index contributed by atoms with van der Waals surface area (Å²) in [4.78, 5) is 10.7. The van der Waals surface area contributed by atoms with Crippen LogP contribution in [0.3, 0.4) is 0 Å². The maximum absolute atomic E-state index is 10.7. The molecule has 1 aliphatic carbocycles. The lowest BCUT2D eigenvalue weighted by atomic mass is 9.68. The number of hydrogen-bond acceptors (Lipinski definition) is 2. The Balaban J connectivity index is 2.43. The molecule has 11 heavy (non-hydrogen) atoms. The predicted molar refractivity (Wildman–Crippen MR) is 43.1 cm³/mol. The Morgan fingerprint density at radius 2 is 2.09 bits per heavy atom. The minimum atomic E-state index is -0.226. The van der Waals surface area contributed by atoms with E-state index in [2.05, 4.69) is 18.6 Å². The molecule has 0 aromatic rings. The van der Waals surface area contributed by atoms with Gasteiger partial charge in [0.15, 0.2) is 0 Å². The van der Waals surface area contributed by atoms with Crippen LogP contribution in [0.5, 0.6) is 0 Å². The van der Waals surface area contributed by atoms with E-state index in [-0.39, 0.29) is 5.97 Å². The molecule has 0 aromatic carbocycles. The lowest BCUT2D eigenvalue weighted by Crippen LogP contribution is -2.24. The zero-order valence-corrected chi connectivity index (χ0v) is 7.31. The van der Waals surface area contributed by atoms with Gasteiger partial charge in [0.1, 0.15) is 0 Å². The normalized spacial score (nSPS) is 20.5. The first kappa shape index (κ1) is 8.31. The fourth-order valence-electron chi connectivity index (χ4n) is 1.51. The number of ether oxygens (including phenoxy) is 1. The van der Waals surface area contributed by atoms with Crippen molar-refractivity contribution in [1.82, 2.24) is 0 Å². The summed E-state index contributed by atoms with van der Waals surface area (Å²) in [5, 5.41) is 0. The molecule has 0 bridgehead atoms. The lowest BCUT2D eigenvalue weighted by Gasteiger charge is -2.37. The number of methoxy groups -OCH3 is 1. The van der Waals surface area contributed by atoms with Gasteiger partial charge in [0.2, 0.25) is 0 Å². The Hall–Kier alpha value is -0.790. The highest BCUT2D eigenvalue weighted by molar-refractivity contribution is 5.82. The van der Waals surface area contributed by atoms with Crippen molar-refractivity contribution >= 4 is 5.97 Å². The van der Waals surface area contributed by atoms with Crippen molar-refractivity contribution in [3.63, 3.8) is 0 Å². The smallest absolute Gasteiger partial charge is 0.330 e. The zero-order chi connectivity index (χ0) is 8.48. The monoisotopic (exact) mass is 154 g/mol. The van der Waals surface area contributed by atoms with Gasteiger partial charge in [-0.05, 0) is 18.3 Å². The second-order valence-electron chi connectivity index (χ2n) is 3.84.